The van der Waals surface area contributed by atoms with Crippen molar-refractivity contribution in [3.63, 3.8) is 0 Å². The summed E-state index contributed by atoms with van der Waals surface area (Å²) < 4.78 is 2.71. The van der Waals surface area contributed by atoms with Crippen LogP contribution in [-0.2, 0) is 4.79 Å². The first-order valence-corrected chi connectivity index (χ1v) is 3.69. The molecule has 42 valence electrons. The minimum atomic E-state index is -0.0949. The zero-order chi connectivity index (χ0) is 5.70. The van der Waals surface area contributed by atoms with Crippen molar-refractivity contribution in [2.45, 2.75) is 13.0 Å². The van der Waals surface area contributed by atoms with Gasteiger partial charge in [-0.05, 0) is 17.9 Å². The molecular formula is C3H7NOS2. The third kappa shape index (κ3) is 4.18. The summed E-state index contributed by atoms with van der Waals surface area (Å²) in [7, 11) is 1.15. The molecular weight excluding hydrogens is 130 g/mol. The zero-order valence-corrected chi connectivity index (χ0v) is 5.63. The van der Waals surface area contributed by atoms with E-state index in [1.165, 1.54) is 0 Å². The lowest BCUT2D eigenvalue weighted by Crippen LogP contribution is -2.18. The van der Waals surface area contributed by atoms with Crippen LogP contribution in [0.2, 0.25) is 0 Å². The molecule has 1 N–H and O–H groups in total. The van der Waals surface area contributed by atoms with Gasteiger partial charge in [0.2, 0.25) is 0 Å². The third-order valence-corrected chi connectivity index (χ3v) is 1.24. The maximum absolute atomic E-state index is 9.78. The van der Waals surface area contributed by atoms with Gasteiger partial charge in [-0.3, -0.25) is 0 Å². The summed E-state index contributed by atoms with van der Waals surface area (Å²) in [5, 5.41) is 0. The maximum Gasteiger partial charge on any atom is 0.137 e. The molecule has 0 aromatic rings. The highest BCUT2D eigenvalue weighted by Crippen LogP contribution is 1.97. The normalized spacial score (nSPS) is 13.4. The Labute approximate surface area is 52.0 Å². The van der Waals surface area contributed by atoms with Crippen LogP contribution in [0.4, 0.5) is 0 Å². The van der Waals surface area contributed by atoms with Crippen molar-refractivity contribution in [2.75, 3.05) is 0 Å². The molecule has 7 heavy (non-hydrogen) atoms. The molecule has 2 nitrogen and oxygen atoms in total. The number of carbonyl (C=O) groups is 1. The standard InChI is InChI=1S/C3H7NOS2/c1-3(2-5)4-7-6/h2-4,6H,1H3/t3-/m0/s1. The lowest BCUT2D eigenvalue weighted by molar-refractivity contribution is -0.108. The van der Waals surface area contributed by atoms with Gasteiger partial charge < -0.3 is 4.79 Å². The molecule has 0 rings (SSSR count). The van der Waals surface area contributed by atoms with E-state index in [4.69, 9.17) is 0 Å². The van der Waals surface area contributed by atoms with E-state index in [1.54, 1.807) is 6.92 Å². The number of nitrogens with one attached hydrogen (secondary N) is 1. The first-order valence-electron chi connectivity index (χ1n) is 1.82. The Balaban J connectivity index is 2.98. The summed E-state index contributed by atoms with van der Waals surface area (Å²) in [6, 6.07) is -0.0949. The minimum Gasteiger partial charge on any atom is -0.302 e. The molecule has 0 saturated carbocycles. The van der Waals surface area contributed by atoms with Crippen molar-refractivity contribution in [1.82, 2.24) is 4.72 Å². The number of carbonyl (C=O) groups excluding carboxylic acids is 1. The summed E-state index contributed by atoms with van der Waals surface area (Å²) in [6.07, 6.45) is 0.823. The number of hydrogen-bond donors (Lipinski definition) is 2. The second-order valence-electron chi connectivity index (χ2n) is 1.13. The van der Waals surface area contributed by atoms with Crippen LogP contribution in [0.15, 0.2) is 0 Å². The first kappa shape index (κ1) is 7.33. The van der Waals surface area contributed by atoms with Gasteiger partial charge in [0.1, 0.15) is 6.29 Å². The fourth-order valence-electron chi connectivity index (χ4n) is 0.111. The van der Waals surface area contributed by atoms with Crippen LogP contribution >= 0.6 is 22.6 Å². The average Bonchev–Trinajstić information content (AvgIpc) is 1.68. The average molecular weight is 137 g/mol. The van der Waals surface area contributed by atoms with E-state index in [9.17, 15) is 4.79 Å². The van der Waals surface area contributed by atoms with E-state index < -0.39 is 0 Å². The number of hydrogen-bond acceptors (Lipinski definition) is 4. The first-order chi connectivity index (χ1) is 3.31. The number of aldehydes is 1. The minimum absolute atomic E-state index is 0.0949. The van der Waals surface area contributed by atoms with Gasteiger partial charge in [0.25, 0.3) is 0 Å². The molecule has 0 saturated heterocycles. The van der Waals surface area contributed by atoms with Crippen LogP contribution in [-0.4, -0.2) is 12.3 Å². The quantitative estimate of drug-likeness (QED) is 0.259. The lowest BCUT2D eigenvalue weighted by Gasteiger charge is -1.97. The Morgan fingerprint density at radius 1 is 2.00 bits per heavy atom. The Bertz CT molecular complexity index is 58.9. The van der Waals surface area contributed by atoms with Crippen LogP contribution in [0.5, 0.6) is 0 Å². The Morgan fingerprint density at radius 2 is 2.57 bits per heavy atom. The summed E-state index contributed by atoms with van der Waals surface area (Å²) in [5.41, 5.74) is 0. The highest BCUT2D eigenvalue weighted by molar-refractivity contribution is 8.67. The summed E-state index contributed by atoms with van der Waals surface area (Å²) in [6.45, 7) is 1.76. The van der Waals surface area contributed by atoms with Gasteiger partial charge in [-0.2, -0.15) is 0 Å². The van der Waals surface area contributed by atoms with Crippen LogP contribution < -0.4 is 4.72 Å². The molecule has 1 atom stereocenters. The van der Waals surface area contributed by atoms with Crippen LogP contribution in [0.3, 0.4) is 0 Å². The smallest absolute Gasteiger partial charge is 0.137 e. The van der Waals surface area contributed by atoms with Gasteiger partial charge >= 0.3 is 0 Å². The third-order valence-electron chi connectivity index (χ3n) is 0.443. The second-order valence-corrected chi connectivity index (χ2v) is 2.10. The molecule has 0 fully saturated rings. The topological polar surface area (TPSA) is 29.1 Å². The van der Waals surface area contributed by atoms with Crippen molar-refractivity contribution in [3.8, 4) is 0 Å². The molecule has 0 radical (unpaired) electrons. The van der Waals surface area contributed by atoms with E-state index >= 15 is 0 Å². The SMILES string of the molecule is C[C@@H](C=O)NSS. The van der Waals surface area contributed by atoms with Crippen molar-refractivity contribution >= 4 is 28.9 Å². The lowest BCUT2D eigenvalue weighted by atomic mass is 10.4. The van der Waals surface area contributed by atoms with E-state index in [0.717, 1.165) is 17.3 Å². The number of thiol groups is 1. The van der Waals surface area contributed by atoms with Crippen molar-refractivity contribution in [1.29, 1.82) is 0 Å². The fraction of sp³-hybridized carbons (Fsp3) is 0.667. The maximum atomic E-state index is 9.78. The summed E-state index contributed by atoms with van der Waals surface area (Å²) in [4.78, 5) is 9.78. The summed E-state index contributed by atoms with van der Waals surface area (Å²) in [5.74, 6) is 0. The molecule has 0 amide bonds. The van der Waals surface area contributed by atoms with E-state index in [1.807, 2.05) is 0 Å². The highest BCUT2D eigenvalue weighted by Gasteiger charge is 1.92. The van der Waals surface area contributed by atoms with Crippen molar-refractivity contribution in [3.05, 3.63) is 0 Å². The Morgan fingerprint density at radius 3 is 2.71 bits per heavy atom. The van der Waals surface area contributed by atoms with E-state index in [0.29, 0.717) is 0 Å². The van der Waals surface area contributed by atoms with Gasteiger partial charge in [0.05, 0.1) is 6.04 Å². The van der Waals surface area contributed by atoms with Gasteiger partial charge in [0.15, 0.2) is 0 Å². The molecule has 0 aliphatic carbocycles. The van der Waals surface area contributed by atoms with Gasteiger partial charge in [-0.15, -0.1) is 0 Å². The second kappa shape index (κ2) is 4.49. The molecule has 0 aromatic carbocycles. The fourth-order valence-corrected chi connectivity index (χ4v) is 0.832. The highest BCUT2D eigenvalue weighted by atomic mass is 33.1. The molecule has 4 heteroatoms. The Kier molecular flexibility index (Phi) is 4.70. The predicted molar refractivity (Wildman–Crippen MR) is 35.2 cm³/mol. The van der Waals surface area contributed by atoms with Gasteiger partial charge in [-0.1, -0.05) is 11.7 Å². The zero-order valence-electron chi connectivity index (χ0n) is 3.92. The largest absolute Gasteiger partial charge is 0.302 e. The molecule has 0 aliphatic heterocycles. The molecule has 0 aromatic heterocycles. The molecule has 0 aliphatic rings. The van der Waals surface area contributed by atoms with Crippen molar-refractivity contribution in [2.24, 2.45) is 0 Å². The van der Waals surface area contributed by atoms with Gasteiger partial charge in [-0.25, -0.2) is 4.72 Å². The van der Waals surface area contributed by atoms with E-state index in [2.05, 4.69) is 16.4 Å². The monoisotopic (exact) mass is 137 g/mol. The summed E-state index contributed by atoms with van der Waals surface area (Å²) >= 11 is 3.76. The molecule has 0 spiro atoms. The molecule has 0 bridgehead atoms. The van der Waals surface area contributed by atoms with Gasteiger partial charge in [0, 0.05) is 0 Å². The van der Waals surface area contributed by atoms with Crippen molar-refractivity contribution < 1.29 is 4.79 Å². The van der Waals surface area contributed by atoms with Crippen LogP contribution in [0, 0.1) is 0 Å². The molecule has 0 heterocycles. The van der Waals surface area contributed by atoms with Crippen LogP contribution in [0.1, 0.15) is 6.92 Å². The van der Waals surface area contributed by atoms with Crippen LogP contribution in [0.25, 0.3) is 0 Å². The van der Waals surface area contributed by atoms with E-state index in [-0.39, 0.29) is 6.04 Å². The predicted octanol–water partition coefficient (Wildman–Crippen LogP) is 0.656. The molecule has 0 unspecified atom stereocenters. The number of rotatable bonds is 3. The Hall–Kier alpha value is 0.330.